The lowest BCUT2D eigenvalue weighted by Crippen LogP contribution is -2.09. The number of aliphatic carboxylic acids is 1. The van der Waals surface area contributed by atoms with Crippen molar-refractivity contribution in [1.29, 1.82) is 0 Å². The maximum atomic E-state index is 10.7. The van der Waals surface area contributed by atoms with Crippen molar-refractivity contribution >= 4 is 50.6 Å². The van der Waals surface area contributed by atoms with Crippen LogP contribution >= 0.6 is 34.5 Å². The van der Waals surface area contributed by atoms with Crippen molar-refractivity contribution in [2.75, 3.05) is 6.61 Å². The molecule has 118 valence electrons. The highest BCUT2D eigenvalue weighted by Gasteiger charge is 2.17. The molecule has 6 heteroatoms. The maximum absolute atomic E-state index is 10.7. The fourth-order valence-corrected chi connectivity index (χ4v) is 3.99. The minimum Gasteiger partial charge on any atom is -0.480 e. The number of carboxylic acids is 1. The van der Waals surface area contributed by atoms with Gasteiger partial charge in [-0.15, -0.1) is 11.3 Å². The summed E-state index contributed by atoms with van der Waals surface area (Å²) < 4.78 is 6.13. The van der Waals surface area contributed by atoms with Gasteiger partial charge in [0.05, 0.1) is 9.72 Å². The lowest BCUT2D eigenvalue weighted by Gasteiger charge is -2.10. The predicted molar refractivity (Wildman–Crippen MR) is 95.1 cm³/mol. The first-order valence-electron chi connectivity index (χ1n) is 6.79. The molecule has 0 fully saturated rings. The van der Waals surface area contributed by atoms with Crippen LogP contribution in [-0.4, -0.2) is 17.7 Å². The summed E-state index contributed by atoms with van der Waals surface area (Å²) in [5.74, 6) is -0.790. The second-order valence-corrected chi connectivity index (χ2v) is 6.66. The van der Waals surface area contributed by atoms with Crippen molar-refractivity contribution in [3.63, 3.8) is 0 Å². The quantitative estimate of drug-likeness (QED) is 0.648. The summed E-state index contributed by atoms with van der Waals surface area (Å²) in [5, 5.41) is 12.3. The van der Waals surface area contributed by atoms with Gasteiger partial charge in [-0.05, 0) is 29.5 Å². The zero-order chi connectivity index (χ0) is 16.6. The Balaban J connectivity index is 2.19. The molecule has 0 aliphatic heterocycles. The second kappa shape index (κ2) is 6.40. The molecular weight excluding hydrogens is 355 g/mol. The molecule has 1 N–H and O–H groups in total. The van der Waals surface area contributed by atoms with Gasteiger partial charge in [-0.2, -0.15) is 0 Å². The molecular formula is C17H12Cl2O3S. The monoisotopic (exact) mass is 366 g/mol. The molecule has 0 bridgehead atoms. The summed E-state index contributed by atoms with van der Waals surface area (Å²) in [6, 6.07) is 9.80. The van der Waals surface area contributed by atoms with Crippen LogP contribution in [0.2, 0.25) is 10.0 Å². The molecule has 0 unspecified atom stereocenters. The lowest BCUT2D eigenvalue weighted by atomic mass is 10.00. The van der Waals surface area contributed by atoms with Gasteiger partial charge in [-0.1, -0.05) is 47.5 Å². The van der Waals surface area contributed by atoms with E-state index in [9.17, 15) is 4.79 Å². The summed E-state index contributed by atoms with van der Waals surface area (Å²) in [6.45, 7) is 1.57. The van der Waals surface area contributed by atoms with Gasteiger partial charge >= 0.3 is 5.97 Å². The van der Waals surface area contributed by atoms with Crippen LogP contribution in [-0.2, 0) is 4.79 Å². The molecule has 3 aromatic rings. The molecule has 0 atom stereocenters. The molecule has 3 nitrogen and oxygen atoms in total. The number of benzene rings is 2. The number of hydrogen-bond donors (Lipinski definition) is 1. The molecule has 3 rings (SSSR count). The predicted octanol–water partition coefficient (Wildman–Crippen LogP) is 5.65. The summed E-state index contributed by atoms with van der Waals surface area (Å²) in [5.41, 5.74) is 3.27. The van der Waals surface area contributed by atoms with E-state index in [2.05, 4.69) is 0 Å². The number of aryl methyl sites for hydroxylation is 1. The minimum absolute atomic E-state index is 0.235. The Hall–Kier alpha value is -1.75. The van der Waals surface area contributed by atoms with E-state index in [1.165, 1.54) is 11.3 Å². The Labute approximate surface area is 147 Å². The molecule has 1 aromatic heterocycles. The van der Waals surface area contributed by atoms with Crippen LogP contribution in [0.25, 0.3) is 21.2 Å². The van der Waals surface area contributed by atoms with Crippen molar-refractivity contribution in [2.24, 2.45) is 0 Å². The summed E-state index contributed by atoms with van der Waals surface area (Å²) in [4.78, 5) is 10.7. The Bertz CT molecular complexity index is 902. The first-order valence-corrected chi connectivity index (χ1v) is 8.42. The van der Waals surface area contributed by atoms with E-state index >= 15 is 0 Å². The standard InChI is InChI=1S/C17H12Cl2O3S/c1-9-4-2-3-5-10(9)12-8-23-17-11(12)6-13(15(18)16(17)19)22-7-14(20)21/h2-6,8H,7H2,1H3,(H,20,21). The molecule has 0 spiro atoms. The summed E-state index contributed by atoms with van der Waals surface area (Å²) in [6.07, 6.45) is 0. The van der Waals surface area contributed by atoms with Gasteiger partial charge in [0.25, 0.3) is 0 Å². The minimum atomic E-state index is -1.07. The van der Waals surface area contributed by atoms with E-state index in [0.717, 1.165) is 26.8 Å². The average molecular weight is 367 g/mol. The Morgan fingerprint density at radius 3 is 2.65 bits per heavy atom. The third-order valence-electron chi connectivity index (χ3n) is 3.50. The molecule has 1 heterocycles. The third kappa shape index (κ3) is 3.02. The van der Waals surface area contributed by atoms with Crippen molar-refractivity contribution in [3.05, 3.63) is 51.3 Å². The van der Waals surface area contributed by atoms with Crippen LogP contribution < -0.4 is 4.74 Å². The maximum Gasteiger partial charge on any atom is 0.341 e. The number of fused-ring (bicyclic) bond motifs is 1. The number of ether oxygens (including phenoxy) is 1. The van der Waals surface area contributed by atoms with Crippen molar-refractivity contribution in [1.82, 2.24) is 0 Å². The van der Waals surface area contributed by atoms with Crippen molar-refractivity contribution < 1.29 is 14.6 Å². The zero-order valence-electron chi connectivity index (χ0n) is 12.1. The highest BCUT2D eigenvalue weighted by atomic mass is 35.5. The number of carbonyl (C=O) groups is 1. The normalized spacial score (nSPS) is 10.9. The third-order valence-corrected chi connectivity index (χ3v) is 5.47. The fraction of sp³-hybridized carbons (Fsp3) is 0.118. The Kier molecular flexibility index (Phi) is 4.48. The van der Waals surface area contributed by atoms with E-state index in [0.29, 0.717) is 5.02 Å². The van der Waals surface area contributed by atoms with Crippen LogP contribution in [0.15, 0.2) is 35.7 Å². The van der Waals surface area contributed by atoms with E-state index < -0.39 is 12.6 Å². The first kappa shape index (κ1) is 16.1. The van der Waals surface area contributed by atoms with Crippen LogP contribution in [0.5, 0.6) is 5.75 Å². The van der Waals surface area contributed by atoms with Gasteiger partial charge in [-0.25, -0.2) is 4.79 Å². The largest absolute Gasteiger partial charge is 0.480 e. The van der Waals surface area contributed by atoms with Gasteiger partial charge in [-0.3, -0.25) is 0 Å². The average Bonchev–Trinajstić information content (AvgIpc) is 2.93. The zero-order valence-corrected chi connectivity index (χ0v) is 14.4. The van der Waals surface area contributed by atoms with E-state index in [1.54, 1.807) is 6.07 Å². The van der Waals surface area contributed by atoms with Crippen LogP contribution in [0.4, 0.5) is 0 Å². The number of carboxylic acid groups (broad SMARTS) is 1. The van der Waals surface area contributed by atoms with Crippen LogP contribution in [0.3, 0.4) is 0 Å². The molecule has 2 aromatic carbocycles. The van der Waals surface area contributed by atoms with Crippen molar-refractivity contribution in [3.8, 4) is 16.9 Å². The van der Waals surface area contributed by atoms with Gasteiger partial charge in [0.15, 0.2) is 6.61 Å². The summed E-state index contributed by atoms with van der Waals surface area (Å²) in [7, 11) is 0. The number of hydrogen-bond acceptors (Lipinski definition) is 3. The highest BCUT2D eigenvalue weighted by molar-refractivity contribution is 7.18. The highest BCUT2D eigenvalue weighted by Crippen LogP contribution is 2.45. The Morgan fingerprint density at radius 1 is 1.22 bits per heavy atom. The molecule has 0 saturated carbocycles. The molecule has 0 saturated heterocycles. The Morgan fingerprint density at radius 2 is 1.96 bits per heavy atom. The van der Waals surface area contributed by atoms with E-state index in [1.807, 2.05) is 36.6 Å². The molecule has 23 heavy (non-hydrogen) atoms. The molecule has 0 aliphatic rings. The van der Waals surface area contributed by atoms with Crippen molar-refractivity contribution in [2.45, 2.75) is 6.92 Å². The molecule has 0 radical (unpaired) electrons. The van der Waals surface area contributed by atoms with Gasteiger partial charge in [0, 0.05) is 10.9 Å². The summed E-state index contributed by atoms with van der Waals surface area (Å²) >= 11 is 14.0. The van der Waals surface area contributed by atoms with Gasteiger partial charge < -0.3 is 9.84 Å². The second-order valence-electron chi connectivity index (χ2n) is 5.03. The SMILES string of the molecule is Cc1ccccc1-c1csc2c(Cl)c(Cl)c(OCC(=O)O)cc12. The van der Waals surface area contributed by atoms with Gasteiger partial charge in [0.1, 0.15) is 10.8 Å². The van der Waals surface area contributed by atoms with E-state index in [4.69, 9.17) is 33.0 Å². The van der Waals surface area contributed by atoms with Gasteiger partial charge in [0.2, 0.25) is 0 Å². The van der Waals surface area contributed by atoms with Crippen LogP contribution in [0.1, 0.15) is 5.56 Å². The number of thiophene rings is 1. The van der Waals surface area contributed by atoms with Crippen LogP contribution in [0, 0.1) is 6.92 Å². The topological polar surface area (TPSA) is 46.5 Å². The first-order chi connectivity index (χ1) is 11.0. The number of rotatable bonds is 4. The molecule has 0 aliphatic carbocycles. The smallest absolute Gasteiger partial charge is 0.341 e. The lowest BCUT2D eigenvalue weighted by molar-refractivity contribution is -0.139. The molecule has 0 amide bonds. The number of halogens is 2. The van der Waals surface area contributed by atoms with E-state index in [-0.39, 0.29) is 10.8 Å². The fourth-order valence-electron chi connectivity index (χ4n) is 2.41.